The molecule has 0 aromatic carbocycles. The molecule has 0 spiro atoms. The molecular weight excluding hydrogens is 200 g/mol. The second-order valence-corrected chi connectivity index (χ2v) is 5.37. The molecule has 0 saturated carbocycles. The van der Waals surface area contributed by atoms with E-state index in [-0.39, 0.29) is 5.54 Å². The van der Waals surface area contributed by atoms with Crippen molar-refractivity contribution in [3.8, 4) is 0 Å². The fourth-order valence-corrected chi connectivity index (χ4v) is 2.23. The molecule has 1 rings (SSSR count). The Kier molecular flexibility index (Phi) is 6.28. The van der Waals surface area contributed by atoms with Gasteiger partial charge in [0.15, 0.2) is 0 Å². The van der Waals surface area contributed by atoms with Crippen molar-refractivity contribution in [3.63, 3.8) is 0 Å². The molecule has 1 aliphatic heterocycles. The predicted octanol–water partition coefficient (Wildman–Crippen LogP) is -0.0844. The third kappa shape index (κ3) is 6.43. The largest absolute Gasteiger partial charge is 0.314 e. The summed E-state index contributed by atoms with van der Waals surface area (Å²) in [6.45, 7) is 13.1. The van der Waals surface area contributed by atoms with Crippen molar-refractivity contribution in [1.29, 1.82) is 0 Å². The third-order valence-electron chi connectivity index (χ3n) is 2.99. The van der Waals surface area contributed by atoms with Crippen LogP contribution in [-0.4, -0.2) is 50.8 Å². The van der Waals surface area contributed by atoms with Crippen LogP contribution >= 0.6 is 0 Å². The van der Waals surface area contributed by atoms with Gasteiger partial charge in [-0.15, -0.1) is 0 Å². The molecule has 16 heavy (non-hydrogen) atoms. The van der Waals surface area contributed by atoms with Crippen LogP contribution < -0.4 is 21.3 Å². The molecule has 1 saturated heterocycles. The van der Waals surface area contributed by atoms with E-state index in [0.29, 0.717) is 6.04 Å². The van der Waals surface area contributed by atoms with E-state index in [1.165, 1.54) is 0 Å². The molecule has 0 unspecified atom stereocenters. The Labute approximate surface area is 99.9 Å². The quantitative estimate of drug-likeness (QED) is 0.468. The van der Waals surface area contributed by atoms with E-state index >= 15 is 0 Å². The molecule has 0 bridgehead atoms. The Hall–Kier alpha value is -0.160. The van der Waals surface area contributed by atoms with Gasteiger partial charge >= 0.3 is 0 Å². The number of rotatable bonds is 0. The van der Waals surface area contributed by atoms with Gasteiger partial charge in [0.1, 0.15) is 0 Å². The molecule has 0 aliphatic carbocycles. The van der Waals surface area contributed by atoms with Gasteiger partial charge < -0.3 is 21.3 Å². The molecule has 0 aromatic heterocycles. The van der Waals surface area contributed by atoms with E-state index in [1.54, 1.807) is 0 Å². The predicted molar refractivity (Wildman–Crippen MR) is 69.9 cm³/mol. The third-order valence-corrected chi connectivity index (χ3v) is 2.99. The zero-order valence-electron chi connectivity index (χ0n) is 11.0. The Morgan fingerprint density at radius 2 is 1.44 bits per heavy atom. The van der Waals surface area contributed by atoms with Gasteiger partial charge in [-0.3, -0.25) is 0 Å². The highest BCUT2D eigenvalue weighted by Gasteiger charge is 2.19. The molecule has 0 aromatic rings. The second kappa shape index (κ2) is 7.22. The highest BCUT2D eigenvalue weighted by molar-refractivity contribution is 4.82. The number of hydrogen-bond donors (Lipinski definition) is 4. The molecule has 4 N–H and O–H groups in total. The number of hydrogen-bond acceptors (Lipinski definition) is 4. The molecule has 4 heteroatoms. The smallest absolute Gasteiger partial charge is 0.0140 e. The van der Waals surface area contributed by atoms with Crippen LogP contribution in [0, 0.1) is 0 Å². The summed E-state index contributed by atoms with van der Waals surface area (Å²) in [5.74, 6) is 0. The van der Waals surface area contributed by atoms with Gasteiger partial charge in [-0.25, -0.2) is 0 Å². The van der Waals surface area contributed by atoms with Gasteiger partial charge in [-0.2, -0.15) is 0 Å². The van der Waals surface area contributed by atoms with Crippen LogP contribution in [0.15, 0.2) is 0 Å². The molecular formula is C12H28N4. The standard InChI is InChI=1S/C12H28N4/c1-11-10-12(2,3)16-9-7-14-5-4-13-6-8-15-11/h11,13-16H,4-10H2,1-3H3/t11-/m0/s1. The topological polar surface area (TPSA) is 48.1 Å². The average Bonchev–Trinajstić information content (AvgIpc) is 2.20. The molecule has 0 amide bonds. The lowest BCUT2D eigenvalue weighted by Gasteiger charge is -2.30. The maximum atomic E-state index is 3.60. The van der Waals surface area contributed by atoms with E-state index in [2.05, 4.69) is 42.0 Å². The molecule has 96 valence electrons. The second-order valence-electron chi connectivity index (χ2n) is 5.37. The first-order chi connectivity index (χ1) is 7.60. The summed E-state index contributed by atoms with van der Waals surface area (Å²) in [5, 5.41) is 14.0. The summed E-state index contributed by atoms with van der Waals surface area (Å²) in [4.78, 5) is 0. The van der Waals surface area contributed by atoms with Crippen LogP contribution in [0.3, 0.4) is 0 Å². The van der Waals surface area contributed by atoms with Crippen LogP contribution in [0.4, 0.5) is 0 Å². The van der Waals surface area contributed by atoms with Crippen molar-refractivity contribution in [3.05, 3.63) is 0 Å². The maximum absolute atomic E-state index is 3.60. The van der Waals surface area contributed by atoms with Crippen LogP contribution in [0.1, 0.15) is 27.2 Å². The zero-order valence-corrected chi connectivity index (χ0v) is 11.0. The SMILES string of the molecule is C[C@H]1CC(C)(C)NCCNCCNCCN1. The molecule has 1 fully saturated rings. The normalized spacial score (nSPS) is 29.8. The first kappa shape index (κ1) is 13.9. The molecule has 1 atom stereocenters. The zero-order chi connectivity index (χ0) is 11.9. The lowest BCUT2D eigenvalue weighted by atomic mass is 9.96. The highest BCUT2D eigenvalue weighted by atomic mass is 15.0. The summed E-state index contributed by atoms with van der Waals surface area (Å²) in [6, 6.07) is 0.568. The summed E-state index contributed by atoms with van der Waals surface area (Å²) < 4.78 is 0. The van der Waals surface area contributed by atoms with Gasteiger partial charge in [0.2, 0.25) is 0 Å². The van der Waals surface area contributed by atoms with Crippen LogP contribution in [0.25, 0.3) is 0 Å². The molecule has 1 aliphatic rings. The Balaban J connectivity index is 2.36. The Bertz CT molecular complexity index is 182. The Morgan fingerprint density at radius 1 is 0.875 bits per heavy atom. The van der Waals surface area contributed by atoms with E-state index in [9.17, 15) is 0 Å². The Morgan fingerprint density at radius 3 is 2.12 bits per heavy atom. The minimum absolute atomic E-state index is 0.218. The molecule has 0 radical (unpaired) electrons. The van der Waals surface area contributed by atoms with Gasteiger partial charge in [0, 0.05) is 50.8 Å². The van der Waals surface area contributed by atoms with E-state index in [0.717, 1.165) is 45.7 Å². The van der Waals surface area contributed by atoms with Gasteiger partial charge in [0.05, 0.1) is 0 Å². The summed E-state index contributed by atoms with van der Waals surface area (Å²) in [6.07, 6.45) is 1.16. The summed E-state index contributed by atoms with van der Waals surface area (Å²) in [5.41, 5.74) is 0.218. The molecule has 1 heterocycles. The van der Waals surface area contributed by atoms with Crippen molar-refractivity contribution in [2.75, 3.05) is 39.3 Å². The minimum atomic E-state index is 0.218. The maximum Gasteiger partial charge on any atom is 0.0140 e. The van der Waals surface area contributed by atoms with Crippen LogP contribution in [0.2, 0.25) is 0 Å². The van der Waals surface area contributed by atoms with Crippen molar-refractivity contribution in [2.45, 2.75) is 38.8 Å². The van der Waals surface area contributed by atoms with Crippen molar-refractivity contribution in [1.82, 2.24) is 21.3 Å². The van der Waals surface area contributed by atoms with Crippen LogP contribution in [-0.2, 0) is 0 Å². The summed E-state index contributed by atoms with van der Waals surface area (Å²) in [7, 11) is 0. The molecule has 4 nitrogen and oxygen atoms in total. The summed E-state index contributed by atoms with van der Waals surface area (Å²) >= 11 is 0. The average molecular weight is 228 g/mol. The fraction of sp³-hybridized carbons (Fsp3) is 1.00. The lowest BCUT2D eigenvalue weighted by molar-refractivity contribution is 0.320. The number of nitrogens with one attached hydrogen (secondary N) is 4. The van der Waals surface area contributed by atoms with Crippen molar-refractivity contribution >= 4 is 0 Å². The van der Waals surface area contributed by atoms with E-state index < -0.39 is 0 Å². The van der Waals surface area contributed by atoms with Gasteiger partial charge in [-0.05, 0) is 27.2 Å². The monoisotopic (exact) mass is 228 g/mol. The van der Waals surface area contributed by atoms with Crippen LogP contribution in [0.5, 0.6) is 0 Å². The first-order valence-electron chi connectivity index (χ1n) is 6.50. The first-order valence-corrected chi connectivity index (χ1v) is 6.50. The fourth-order valence-electron chi connectivity index (χ4n) is 2.23. The minimum Gasteiger partial charge on any atom is -0.314 e. The highest BCUT2D eigenvalue weighted by Crippen LogP contribution is 2.10. The lowest BCUT2D eigenvalue weighted by Crippen LogP contribution is -2.47. The van der Waals surface area contributed by atoms with Gasteiger partial charge in [0.25, 0.3) is 0 Å². The van der Waals surface area contributed by atoms with Gasteiger partial charge in [-0.1, -0.05) is 0 Å². The van der Waals surface area contributed by atoms with E-state index in [1.807, 2.05) is 0 Å². The van der Waals surface area contributed by atoms with Crippen molar-refractivity contribution < 1.29 is 0 Å². The van der Waals surface area contributed by atoms with Crippen molar-refractivity contribution in [2.24, 2.45) is 0 Å². The van der Waals surface area contributed by atoms with E-state index in [4.69, 9.17) is 0 Å².